The molecular formula is C16H17ClF2N2. The third-order valence-corrected chi connectivity index (χ3v) is 3.52. The first-order chi connectivity index (χ1) is 10.1. The molecule has 1 unspecified atom stereocenters. The first-order valence-electron chi connectivity index (χ1n) is 6.88. The highest BCUT2D eigenvalue weighted by molar-refractivity contribution is 6.30. The van der Waals surface area contributed by atoms with Crippen molar-refractivity contribution in [3.63, 3.8) is 0 Å². The molecule has 0 aliphatic carbocycles. The number of aromatic nitrogens is 1. The van der Waals surface area contributed by atoms with Gasteiger partial charge in [0.25, 0.3) is 0 Å². The molecule has 0 bridgehead atoms. The van der Waals surface area contributed by atoms with E-state index < -0.39 is 11.6 Å². The summed E-state index contributed by atoms with van der Waals surface area (Å²) in [5.41, 5.74) is 1.20. The number of nitrogens with zero attached hydrogens (tertiary/aromatic N) is 1. The number of halogens is 3. The standard InChI is InChI=1S/C16H17ClF2N2/c1-2-6-21-15(12-7-13(18)10-20-9-12)8-11-4-3-5-14(17)16(11)19/h3-5,7,9-10,15,21H,2,6,8H2,1H3. The first kappa shape index (κ1) is 15.9. The Kier molecular flexibility index (Phi) is 5.65. The maximum absolute atomic E-state index is 14.0. The molecule has 0 spiro atoms. The molecule has 0 radical (unpaired) electrons. The van der Waals surface area contributed by atoms with Crippen LogP contribution >= 0.6 is 11.6 Å². The SMILES string of the molecule is CCCNC(Cc1cccc(Cl)c1F)c1cncc(F)c1. The van der Waals surface area contributed by atoms with E-state index in [1.165, 1.54) is 12.1 Å². The number of pyridine rings is 1. The van der Waals surface area contributed by atoms with E-state index in [-0.39, 0.29) is 11.1 Å². The van der Waals surface area contributed by atoms with E-state index in [9.17, 15) is 8.78 Å². The van der Waals surface area contributed by atoms with E-state index in [0.717, 1.165) is 19.2 Å². The van der Waals surface area contributed by atoms with Gasteiger partial charge in [0.2, 0.25) is 0 Å². The second kappa shape index (κ2) is 7.48. The van der Waals surface area contributed by atoms with Crippen molar-refractivity contribution in [2.75, 3.05) is 6.54 Å². The Labute approximate surface area is 128 Å². The third kappa shape index (κ3) is 4.22. The quantitative estimate of drug-likeness (QED) is 0.860. The molecule has 0 aliphatic heterocycles. The fourth-order valence-electron chi connectivity index (χ4n) is 2.17. The van der Waals surface area contributed by atoms with Gasteiger partial charge >= 0.3 is 0 Å². The monoisotopic (exact) mass is 310 g/mol. The molecule has 1 aromatic carbocycles. The van der Waals surface area contributed by atoms with Crippen LogP contribution < -0.4 is 5.32 Å². The summed E-state index contributed by atoms with van der Waals surface area (Å²) in [6.45, 7) is 2.79. The van der Waals surface area contributed by atoms with Gasteiger partial charge in [-0.05, 0) is 42.6 Å². The average Bonchev–Trinajstić information content (AvgIpc) is 2.47. The number of rotatable bonds is 6. The second-order valence-corrected chi connectivity index (χ2v) is 5.27. The van der Waals surface area contributed by atoms with Crippen LogP contribution in [-0.4, -0.2) is 11.5 Å². The molecule has 0 saturated carbocycles. The average molecular weight is 311 g/mol. The Balaban J connectivity index is 2.26. The molecule has 1 heterocycles. The molecule has 2 rings (SSSR count). The summed E-state index contributed by atoms with van der Waals surface area (Å²) in [6.07, 6.45) is 4.06. The zero-order chi connectivity index (χ0) is 15.2. The van der Waals surface area contributed by atoms with Crippen molar-refractivity contribution in [2.24, 2.45) is 0 Å². The van der Waals surface area contributed by atoms with E-state index in [1.807, 2.05) is 6.92 Å². The van der Waals surface area contributed by atoms with Crippen molar-refractivity contribution in [2.45, 2.75) is 25.8 Å². The van der Waals surface area contributed by atoms with Crippen LogP contribution in [0.2, 0.25) is 5.02 Å². The Hall–Kier alpha value is -1.52. The van der Waals surface area contributed by atoms with Gasteiger partial charge in [0.15, 0.2) is 0 Å². The Morgan fingerprint density at radius 2 is 2.10 bits per heavy atom. The Morgan fingerprint density at radius 1 is 1.29 bits per heavy atom. The Morgan fingerprint density at radius 3 is 2.81 bits per heavy atom. The summed E-state index contributed by atoms with van der Waals surface area (Å²) in [6, 6.07) is 6.12. The summed E-state index contributed by atoms with van der Waals surface area (Å²) in [5, 5.41) is 3.39. The van der Waals surface area contributed by atoms with Crippen molar-refractivity contribution < 1.29 is 8.78 Å². The Bertz CT molecular complexity index is 605. The molecule has 0 saturated heterocycles. The van der Waals surface area contributed by atoms with Crippen LogP contribution in [0.4, 0.5) is 8.78 Å². The van der Waals surface area contributed by atoms with E-state index >= 15 is 0 Å². The molecule has 1 atom stereocenters. The number of nitrogens with one attached hydrogen (secondary N) is 1. The molecule has 112 valence electrons. The van der Waals surface area contributed by atoms with Gasteiger partial charge in [-0.15, -0.1) is 0 Å². The summed E-state index contributed by atoms with van der Waals surface area (Å²) >= 11 is 5.81. The van der Waals surface area contributed by atoms with Crippen molar-refractivity contribution in [3.05, 3.63) is 64.4 Å². The molecule has 2 nitrogen and oxygen atoms in total. The van der Waals surface area contributed by atoms with E-state index in [2.05, 4.69) is 10.3 Å². The molecule has 0 fully saturated rings. The maximum atomic E-state index is 14.0. The van der Waals surface area contributed by atoms with Crippen LogP contribution in [0.5, 0.6) is 0 Å². The van der Waals surface area contributed by atoms with Gasteiger partial charge in [0.05, 0.1) is 11.2 Å². The molecular weight excluding hydrogens is 294 g/mol. The predicted octanol–water partition coefficient (Wildman–Crippen LogP) is 4.30. The fraction of sp³-hybridized carbons (Fsp3) is 0.312. The molecule has 2 aromatic rings. The molecule has 21 heavy (non-hydrogen) atoms. The first-order valence-corrected chi connectivity index (χ1v) is 7.26. The highest BCUT2D eigenvalue weighted by Gasteiger charge is 2.16. The summed E-state index contributed by atoms with van der Waals surface area (Å²) in [7, 11) is 0. The highest BCUT2D eigenvalue weighted by Crippen LogP contribution is 2.24. The van der Waals surface area contributed by atoms with Crippen LogP contribution in [0.25, 0.3) is 0 Å². The van der Waals surface area contributed by atoms with Crippen molar-refractivity contribution in [3.8, 4) is 0 Å². The zero-order valence-corrected chi connectivity index (χ0v) is 12.5. The predicted molar refractivity (Wildman–Crippen MR) is 80.3 cm³/mol. The van der Waals surface area contributed by atoms with Gasteiger partial charge in [-0.2, -0.15) is 0 Å². The minimum Gasteiger partial charge on any atom is -0.310 e. The largest absolute Gasteiger partial charge is 0.310 e. The zero-order valence-electron chi connectivity index (χ0n) is 11.7. The number of hydrogen-bond acceptors (Lipinski definition) is 2. The smallest absolute Gasteiger partial charge is 0.145 e. The lowest BCUT2D eigenvalue weighted by Gasteiger charge is -2.19. The summed E-state index contributed by atoms with van der Waals surface area (Å²) < 4.78 is 27.4. The lowest BCUT2D eigenvalue weighted by atomic mass is 9.99. The second-order valence-electron chi connectivity index (χ2n) is 4.86. The molecule has 5 heteroatoms. The van der Waals surface area contributed by atoms with Gasteiger partial charge in [-0.1, -0.05) is 30.7 Å². The van der Waals surface area contributed by atoms with Crippen molar-refractivity contribution in [1.82, 2.24) is 10.3 Å². The number of benzene rings is 1. The normalized spacial score (nSPS) is 12.4. The van der Waals surface area contributed by atoms with Crippen LogP contribution in [0.1, 0.15) is 30.5 Å². The summed E-state index contributed by atoms with van der Waals surface area (Å²) in [5.74, 6) is -0.825. The minimum atomic E-state index is -0.424. The molecule has 1 aromatic heterocycles. The van der Waals surface area contributed by atoms with E-state index in [0.29, 0.717) is 17.5 Å². The van der Waals surface area contributed by atoms with E-state index in [1.54, 1.807) is 18.3 Å². The van der Waals surface area contributed by atoms with Crippen LogP contribution in [0, 0.1) is 11.6 Å². The van der Waals surface area contributed by atoms with Crippen LogP contribution in [0.15, 0.2) is 36.7 Å². The van der Waals surface area contributed by atoms with E-state index in [4.69, 9.17) is 11.6 Å². The van der Waals surface area contributed by atoms with Gasteiger partial charge in [0, 0.05) is 12.2 Å². The van der Waals surface area contributed by atoms with Gasteiger partial charge in [-0.25, -0.2) is 8.78 Å². The van der Waals surface area contributed by atoms with Gasteiger partial charge < -0.3 is 5.32 Å². The number of hydrogen-bond donors (Lipinski definition) is 1. The lowest BCUT2D eigenvalue weighted by Crippen LogP contribution is -2.24. The van der Waals surface area contributed by atoms with Gasteiger partial charge in [0.1, 0.15) is 11.6 Å². The third-order valence-electron chi connectivity index (χ3n) is 3.22. The van der Waals surface area contributed by atoms with Crippen LogP contribution in [0.3, 0.4) is 0 Å². The maximum Gasteiger partial charge on any atom is 0.145 e. The topological polar surface area (TPSA) is 24.9 Å². The fourth-order valence-corrected chi connectivity index (χ4v) is 2.37. The van der Waals surface area contributed by atoms with Crippen LogP contribution in [-0.2, 0) is 6.42 Å². The highest BCUT2D eigenvalue weighted by atomic mass is 35.5. The molecule has 1 N–H and O–H groups in total. The van der Waals surface area contributed by atoms with Crippen molar-refractivity contribution in [1.29, 1.82) is 0 Å². The molecule has 0 aliphatic rings. The molecule has 0 amide bonds. The summed E-state index contributed by atoms with van der Waals surface area (Å²) in [4.78, 5) is 3.86. The minimum absolute atomic E-state index is 0.0964. The lowest BCUT2D eigenvalue weighted by molar-refractivity contribution is 0.507. The van der Waals surface area contributed by atoms with Crippen molar-refractivity contribution >= 4 is 11.6 Å². The van der Waals surface area contributed by atoms with Gasteiger partial charge in [-0.3, -0.25) is 4.98 Å².